The molecular weight excluding hydrogens is 596 g/mol. The Kier molecular flexibility index (Phi) is 12.9. The van der Waals surface area contributed by atoms with Crippen LogP contribution in [-0.4, -0.2) is 84.2 Å². The SMILES string of the molecule is C=CC(=O)OCC(COC(=O)C=C)(COC(=O)C=C)COC(=O)NCC1(C)CC(NC(=O)Nc2nc(=S)[nH][nH]2)CC(C)(C)C1. The zero-order chi connectivity index (χ0) is 33.0. The molecule has 1 saturated carbocycles. The number of rotatable bonds is 15. The normalized spacial score (nSPS) is 18.9. The van der Waals surface area contributed by atoms with Crippen molar-refractivity contribution < 1.29 is 42.9 Å². The molecule has 242 valence electrons. The van der Waals surface area contributed by atoms with Crippen LogP contribution in [0.4, 0.5) is 15.5 Å². The summed E-state index contributed by atoms with van der Waals surface area (Å²) in [5, 5.41) is 13.6. The van der Waals surface area contributed by atoms with E-state index in [-0.39, 0.29) is 28.7 Å². The summed E-state index contributed by atoms with van der Waals surface area (Å²) in [5.74, 6) is -2.19. The number of nitrogens with zero attached hydrogens (tertiary/aromatic N) is 1. The molecule has 0 aliphatic heterocycles. The molecule has 1 aromatic rings. The lowest BCUT2D eigenvalue weighted by molar-refractivity contribution is -0.159. The van der Waals surface area contributed by atoms with Crippen LogP contribution >= 0.6 is 12.2 Å². The van der Waals surface area contributed by atoms with Crippen molar-refractivity contribution in [3.63, 3.8) is 0 Å². The van der Waals surface area contributed by atoms with Crippen LogP contribution in [0.5, 0.6) is 0 Å². The molecule has 16 heteroatoms. The average molecular weight is 637 g/mol. The van der Waals surface area contributed by atoms with Crippen molar-refractivity contribution in [1.29, 1.82) is 0 Å². The van der Waals surface area contributed by atoms with Gasteiger partial charge in [-0.1, -0.05) is 40.5 Å². The van der Waals surface area contributed by atoms with Crippen molar-refractivity contribution in [3.05, 3.63) is 42.7 Å². The lowest BCUT2D eigenvalue weighted by atomic mass is 9.62. The standard InChI is InChI=1S/C28H40N6O9S/c1-7-19(35)40-14-28(15-41-20(36)8-2,16-42-21(37)9-3)17-43-25(39)29-13-27(6)11-18(10-26(4,5)12-27)30-23(38)31-22-32-24(44)34-33-22/h7-9,18H,1-3,10-17H2,4-6H3,(H,29,39)(H4,30,31,32,33,34,38,44). The Labute approximate surface area is 260 Å². The molecule has 0 radical (unpaired) electrons. The monoisotopic (exact) mass is 636 g/mol. The quantitative estimate of drug-likeness (QED) is 0.0819. The number of esters is 3. The van der Waals surface area contributed by atoms with Crippen LogP contribution in [0.2, 0.25) is 0 Å². The van der Waals surface area contributed by atoms with Crippen molar-refractivity contribution >= 4 is 48.2 Å². The zero-order valence-electron chi connectivity index (χ0n) is 25.1. The summed E-state index contributed by atoms with van der Waals surface area (Å²) in [6, 6.07) is -0.669. The van der Waals surface area contributed by atoms with Gasteiger partial charge in [0.1, 0.15) is 31.8 Å². The first-order valence-electron chi connectivity index (χ1n) is 13.6. The van der Waals surface area contributed by atoms with E-state index < -0.39 is 67.3 Å². The second kappa shape index (κ2) is 15.8. The molecule has 5 N–H and O–H groups in total. The van der Waals surface area contributed by atoms with Gasteiger partial charge in [-0.15, -0.1) is 0 Å². The predicted molar refractivity (Wildman–Crippen MR) is 161 cm³/mol. The fraction of sp³-hybridized carbons (Fsp3) is 0.536. The van der Waals surface area contributed by atoms with Crippen molar-refractivity contribution in [2.75, 3.05) is 38.3 Å². The van der Waals surface area contributed by atoms with Gasteiger partial charge in [-0.3, -0.25) is 15.5 Å². The fourth-order valence-corrected chi connectivity index (χ4v) is 5.33. The smallest absolute Gasteiger partial charge is 0.407 e. The molecule has 1 aliphatic carbocycles. The van der Waals surface area contributed by atoms with Crippen LogP contribution in [0.15, 0.2) is 38.0 Å². The predicted octanol–water partition coefficient (Wildman–Crippen LogP) is 3.07. The summed E-state index contributed by atoms with van der Waals surface area (Å²) in [6.07, 6.45) is 3.96. The third-order valence-electron chi connectivity index (χ3n) is 6.74. The van der Waals surface area contributed by atoms with Crippen molar-refractivity contribution in [1.82, 2.24) is 25.8 Å². The first kappa shape index (κ1) is 35.7. The Morgan fingerprint density at radius 3 is 1.91 bits per heavy atom. The number of aromatic nitrogens is 3. The molecular formula is C28H40N6O9S. The molecule has 44 heavy (non-hydrogen) atoms. The summed E-state index contributed by atoms with van der Waals surface area (Å²) >= 11 is 4.90. The van der Waals surface area contributed by atoms with E-state index in [2.05, 4.69) is 64.7 Å². The van der Waals surface area contributed by atoms with E-state index in [1.807, 2.05) is 6.92 Å². The molecule has 0 spiro atoms. The van der Waals surface area contributed by atoms with E-state index in [0.29, 0.717) is 12.8 Å². The molecule has 0 bridgehead atoms. The third-order valence-corrected chi connectivity index (χ3v) is 6.94. The molecule has 3 amide bonds. The Bertz CT molecular complexity index is 1250. The van der Waals surface area contributed by atoms with E-state index >= 15 is 0 Å². The van der Waals surface area contributed by atoms with Gasteiger partial charge in [-0.25, -0.2) is 24.0 Å². The second-order valence-corrected chi connectivity index (χ2v) is 12.1. The number of hydrogen-bond donors (Lipinski definition) is 5. The van der Waals surface area contributed by atoms with E-state index in [1.165, 1.54) is 0 Å². The van der Waals surface area contributed by atoms with Crippen LogP contribution in [0.3, 0.4) is 0 Å². The number of anilines is 1. The van der Waals surface area contributed by atoms with Gasteiger partial charge >= 0.3 is 30.0 Å². The van der Waals surface area contributed by atoms with Gasteiger partial charge in [0.25, 0.3) is 0 Å². The summed E-state index contributed by atoms with van der Waals surface area (Å²) in [4.78, 5) is 64.8. The molecule has 1 fully saturated rings. The van der Waals surface area contributed by atoms with E-state index in [1.54, 1.807) is 0 Å². The van der Waals surface area contributed by atoms with Crippen LogP contribution in [0.1, 0.15) is 40.0 Å². The summed E-state index contributed by atoms with van der Waals surface area (Å²) in [7, 11) is 0. The highest BCUT2D eigenvalue weighted by Gasteiger charge is 2.42. The summed E-state index contributed by atoms with van der Waals surface area (Å²) in [5.41, 5.74) is -2.05. The molecule has 0 aromatic carbocycles. The summed E-state index contributed by atoms with van der Waals surface area (Å²) in [6.45, 7) is 14.6. The topological polar surface area (TPSA) is 203 Å². The molecule has 2 unspecified atom stereocenters. The van der Waals surface area contributed by atoms with Crippen molar-refractivity contribution in [2.24, 2.45) is 16.2 Å². The van der Waals surface area contributed by atoms with E-state index in [4.69, 9.17) is 31.2 Å². The van der Waals surface area contributed by atoms with E-state index in [9.17, 15) is 24.0 Å². The molecule has 1 heterocycles. The van der Waals surface area contributed by atoms with Gasteiger partial charge in [0.2, 0.25) is 10.7 Å². The van der Waals surface area contributed by atoms with E-state index in [0.717, 1.165) is 24.6 Å². The highest BCUT2D eigenvalue weighted by atomic mass is 32.1. The van der Waals surface area contributed by atoms with Gasteiger partial charge in [-0.2, -0.15) is 4.98 Å². The number of amides is 3. The Hall–Kier alpha value is -4.47. The lowest BCUT2D eigenvalue weighted by Crippen LogP contribution is -2.51. The highest BCUT2D eigenvalue weighted by molar-refractivity contribution is 7.71. The molecule has 15 nitrogen and oxygen atoms in total. The second-order valence-electron chi connectivity index (χ2n) is 11.7. The Morgan fingerprint density at radius 2 is 1.43 bits per heavy atom. The molecule has 2 rings (SSSR count). The van der Waals surface area contributed by atoms with Crippen molar-refractivity contribution in [3.8, 4) is 0 Å². The molecule has 1 aliphatic rings. The molecule has 2 atom stereocenters. The maximum Gasteiger partial charge on any atom is 0.407 e. The minimum Gasteiger partial charge on any atom is -0.462 e. The first-order chi connectivity index (χ1) is 20.6. The number of alkyl carbamates (subject to hydrolysis) is 1. The fourth-order valence-electron chi connectivity index (χ4n) is 5.18. The maximum atomic E-state index is 12.9. The number of carbonyl (C=O) groups is 5. The maximum absolute atomic E-state index is 12.9. The minimum absolute atomic E-state index is 0.170. The number of aromatic amines is 2. The number of H-pyrrole nitrogens is 2. The number of carbonyl (C=O) groups excluding carboxylic acids is 5. The number of nitrogens with one attached hydrogen (secondary N) is 5. The Morgan fingerprint density at radius 1 is 0.909 bits per heavy atom. The first-order valence-corrected chi connectivity index (χ1v) is 14.0. The number of ether oxygens (including phenoxy) is 4. The third kappa shape index (κ3) is 12.0. The van der Waals surface area contributed by atoms with Gasteiger partial charge in [0.05, 0.1) is 0 Å². The zero-order valence-corrected chi connectivity index (χ0v) is 25.9. The average Bonchev–Trinajstić information content (AvgIpc) is 3.37. The number of hydrogen-bond acceptors (Lipinski definition) is 11. The van der Waals surface area contributed by atoms with Gasteiger partial charge in [0.15, 0.2) is 0 Å². The van der Waals surface area contributed by atoms with Gasteiger partial charge in [-0.05, 0) is 42.3 Å². The van der Waals surface area contributed by atoms with Gasteiger partial charge < -0.3 is 29.6 Å². The summed E-state index contributed by atoms with van der Waals surface area (Å²) < 4.78 is 21.1. The van der Waals surface area contributed by atoms with Crippen LogP contribution in [-0.2, 0) is 33.3 Å². The molecule has 0 saturated heterocycles. The lowest BCUT2D eigenvalue weighted by Gasteiger charge is -2.46. The van der Waals surface area contributed by atoms with Crippen LogP contribution < -0.4 is 16.0 Å². The highest BCUT2D eigenvalue weighted by Crippen LogP contribution is 2.45. The van der Waals surface area contributed by atoms with Crippen LogP contribution in [0, 0.1) is 21.0 Å². The van der Waals surface area contributed by atoms with Crippen molar-refractivity contribution in [2.45, 2.75) is 46.1 Å². The Balaban J connectivity index is 2.07. The largest absolute Gasteiger partial charge is 0.462 e. The van der Waals surface area contributed by atoms with Gasteiger partial charge in [0, 0.05) is 30.8 Å². The minimum atomic E-state index is -1.45. The number of urea groups is 1. The molecule has 1 aromatic heterocycles. The van der Waals surface area contributed by atoms with Crippen LogP contribution in [0.25, 0.3) is 0 Å².